The Kier molecular flexibility index (Phi) is 5.32. The molecule has 1 fully saturated rings. The first-order valence-corrected chi connectivity index (χ1v) is 9.92. The minimum Gasteiger partial charge on any atom is -0.504 e. The van der Waals surface area contributed by atoms with Gasteiger partial charge in [0.25, 0.3) is 0 Å². The monoisotopic (exact) mass is 416 g/mol. The van der Waals surface area contributed by atoms with Crippen LogP contribution in [0.15, 0.2) is 12.1 Å². The van der Waals surface area contributed by atoms with Crippen LogP contribution in [0.25, 0.3) is 11.1 Å². The molecular formula is C23H28O7. The number of methoxy groups -OCH3 is 5. The second-order valence-electron chi connectivity index (χ2n) is 7.68. The Hall–Kier alpha value is -2.80. The molecule has 0 radical (unpaired) electrons. The molecule has 2 aromatic carbocycles. The van der Waals surface area contributed by atoms with Crippen molar-refractivity contribution >= 4 is 0 Å². The van der Waals surface area contributed by atoms with Crippen molar-refractivity contribution in [3.8, 4) is 45.6 Å². The van der Waals surface area contributed by atoms with Gasteiger partial charge in [-0.05, 0) is 41.5 Å². The van der Waals surface area contributed by atoms with Gasteiger partial charge in [-0.25, -0.2) is 0 Å². The number of hydrogen-bond donors (Lipinski definition) is 1. The van der Waals surface area contributed by atoms with Gasteiger partial charge in [0.15, 0.2) is 23.0 Å². The van der Waals surface area contributed by atoms with E-state index in [9.17, 15) is 5.11 Å². The molecule has 0 saturated carbocycles. The molecule has 2 aliphatic rings. The van der Waals surface area contributed by atoms with E-state index < -0.39 is 0 Å². The molecule has 0 amide bonds. The zero-order valence-electron chi connectivity index (χ0n) is 18.2. The highest BCUT2D eigenvalue weighted by molar-refractivity contribution is 5.88. The zero-order valence-corrected chi connectivity index (χ0v) is 18.2. The molecule has 2 bridgehead atoms. The molecule has 0 spiro atoms. The van der Waals surface area contributed by atoms with Crippen LogP contribution in [-0.4, -0.2) is 47.3 Å². The Labute approximate surface area is 176 Å². The summed E-state index contributed by atoms with van der Waals surface area (Å²) in [4.78, 5) is 0. The Morgan fingerprint density at radius 1 is 0.833 bits per heavy atom. The molecule has 3 atom stereocenters. The molecule has 30 heavy (non-hydrogen) atoms. The van der Waals surface area contributed by atoms with Crippen LogP contribution in [-0.2, 0) is 11.2 Å². The van der Waals surface area contributed by atoms with Gasteiger partial charge in [-0.2, -0.15) is 0 Å². The van der Waals surface area contributed by atoms with Crippen LogP contribution in [0.5, 0.6) is 34.5 Å². The molecule has 4 rings (SSSR count). The van der Waals surface area contributed by atoms with E-state index in [4.69, 9.17) is 28.4 Å². The summed E-state index contributed by atoms with van der Waals surface area (Å²) in [5.41, 5.74) is 3.49. The number of phenols is 1. The summed E-state index contributed by atoms with van der Waals surface area (Å²) >= 11 is 0. The highest BCUT2D eigenvalue weighted by Crippen LogP contribution is 2.58. The lowest BCUT2D eigenvalue weighted by atomic mass is 9.77. The average Bonchev–Trinajstić information content (AvgIpc) is 3.13. The van der Waals surface area contributed by atoms with Crippen molar-refractivity contribution in [1.29, 1.82) is 0 Å². The lowest BCUT2D eigenvalue weighted by Gasteiger charge is -2.30. The average molecular weight is 416 g/mol. The van der Waals surface area contributed by atoms with Crippen molar-refractivity contribution in [2.75, 3.05) is 42.2 Å². The number of benzene rings is 2. The Balaban J connectivity index is 2.18. The molecule has 0 unspecified atom stereocenters. The van der Waals surface area contributed by atoms with Crippen LogP contribution in [0.1, 0.15) is 24.2 Å². The third-order valence-corrected chi connectivity index (χ3v) is 6.32. The Bertz CT molecular complexity index is 969. The Morgan fingerprint density at radius 3 is 2.07 bits per heavy atom. The van der Waals surface area contributed by atoms with E-state index in [1.54, 1.807) is 34.5 Å². The van der Waals surface area contributed by atoms with E-state index in [1.807, 2.05) is 6.07 Å². The molecular weight excluding hydrogens is 388 g/mol. The predicted molar refractivity (Wildman–Crippen MR) is 111 cm³/mol. The minimum absolute atomic E-state index is 0.0396. The van der Waals surface area contributed by atoms with Crippen molar-refractivity contribution in [2.45, 2.75) is 19.4 Å². The molecule has 0 aromatic heterocycles. The number of aromatic hydroxyl groups is 1. The third kappa shape index (κ3) is 2.83. The molecule has 7 heteroatoms. The van der Waals surface area contributed by atoms with Crippen LogP contribution in [0.2, 0.25) is 0 Å². The van der Waals surface area contributed by atoms with Gasteiger partial charge in [0.05, 0.1) is 48.3 Å². The van der Waals surface area contributed by atoms with Crippen molar-refractivity contribution < 1.29 is 33.5 Å². The Morgan fingerprint density at radius 2 is 1.47 bits per heavy atom. The van der Waals surface area contributed by atoms with Crippen LogP contribution in [0.4, 0.5) is 0 Å². The fourth-order valence-corrected chi connectivity index (χ4v) is 4.84. The number of fused-ring (bicyclic) bond motifs is 6. The largest absolute Gasteiger partial charge is 0.504 e. The topological polar surface area (TPSA) is 75.6 Å². The van der Waals surface area contributed by atoms with Gasteiger partial charge in [-0.3, -0.25) is 0 Å². The maximum absolute atomic E-state index is 10.6. The first-order valence-electron chi connectivity index (χ1n) is 9.92. The normalized spacial score (nSPS) is 21.7. The number of hydrogen-bond acceptors (Lipinski definition) is 7. The lowest BCUT2D eigenvalue weighted by Crippen LogP contribution is -2.18. The maximum Gasteiger partial charge on any atom is 0.203 e. The SMILES string of the molecule is COc1cc2c(c(OC)c1OC)-c1c(cc(O)c(OC)c1OC)C[C@H]1CO[C@@H]2[C@H]1C. The minimum atomic E-state index is -0.128. The van der Waals surface area contributed by atoms with Crippen molar-refractivity contribution in [2.24, 2.45) is 11.8 Å². The molecule has 1 saturated heterocycles. The standard InChI is InChI=1S/C23H28O7/c1-11-13-7-12-8-15(24)20(26-3)22(28-5)17(12)18-14(19(11)30-10-13)9-16(25-2)21(27-4)23(18)29-6/h8-9,11,13,19,24H,7,10H2,1-6H3/t11-,13-,19+/m0/s1. The smallest absolute Gasteiger partial charge is 0.203 e. The fraction of sp³-hybridized carbons (Fsp3) is 0.478. The summed E-state index contributed by atoms with van der Waals surface area (Å²) < 4.78 is 34.6. The zero-order chi connectivity index (χ0) is 21.6. The summed E-state index contributed by atoms with van der Waals surface area (Å²) in [6.45, 7) is 2.83. The molecule has 1 aliphatic carbocycles. The quantitative estimate of drug-likeness (QED) is 0.790. The second-order valence-corrected chi connectivity index (χ2v) is 7.68. The molecule has 1 N–H and O–H groups in total. The number of rotatable bonds is 5. The van der Waals surface area contributed by atoms with Gasteiger partial charge in [0.1, 0.15) is 0 Å². The van der Waals surface area contributed by atoms with Gasteiger partial charge in [-0.15, -0.1) is 0 Å². The summed E-state index contributed by atoms with van der Waals surface area (Å²) in [7, 11) is 7.85. The van der Waals surface area contributed by atoms with E-state index in [2.05, 4.69) is 6.92 Å². The second kappa shape index (κ2) is 7.80. The van der Waals surface area contributed by atoms with E-state index in [0.29, 0.717) is 35.5 Å². The van der Waals surface area contributed by atoms with Crippen molar-refractivity contribution in [3.63, 3.8) is 0 Å². The molecule has 7 nitrogen and oxygen atoms in total. The molecule has 1 heterocycles. The summed E-state index contributed by atoms with van der Waals surface area (Å²) in [6.07, 6.45) is 0.606. The van der Waals surface area contributed by atoms with E-state index in [-0.39, 0.29) is 23.5 Å². The van der Waals surface area contributed by atoms with Gasteiger partial charge in [-0.1, -0.05) is 6.92 Å². The fourth-order valence-electron chi connectivity index (χ4n) is 4.84. The lowest BCUT2D eigenvalue weighted by molar-refractivity contribution is 0.0935. The van der Waals surface area contributed by atoms with Crippen molar-refractivity contribution in [1.82, 2.24) is 0 Å². The number of ether oxygens (including phenoxy) is 6. The molecule has 1 aliphatic heterocycles. The van der Waals surface area contributed by atoms with Gasteiger partial charge >= 0.3 is 0 Å². The van der Waals surface area contributed by atoms with Crippen molar-refractivity contribution in [3.05, 3.63) is 23.3 Å². The summed E-state index contributed by atoms with van der Waals surface area (Å²) in [5.74, 6) is 2.93. The first kappa shape index (κ1) is 20.5. The molecule has 2 aromatic rings. The van der Waals surface area contributed by atoms with E-state index in [0.717, 1.165) is 28.7 Å². The summed E-state index contributed by atoms with van der Waals surface area (Å²) in [6, 6.07) is 3.70. The van der Waals surface area contributed by atoms with E-state index >= 15 is 0 Å². The van der Waals surface area contributed by atoms with Gasteiger partial charge in [0.2, 0.25) is 11.5 Å². The van der Waals surface area contributed by atoms with Crippen LogP contribution < -0.4 is 23.7 Å². The van der Waals surface area contributed by atoms with E-state index in [1.165, 1.54) is 7.11 Å². The predicted octanol–water partition coefficient (Wildman–Crippen LogP) is 3.98. The maximum atomic E-state index is 10.6. The summed E-state index contributed by atoms with van der Waals surface area (Å²) in [5, 5.41) is 10.6. The third-order valence-electron chi connectivity index (χ3n) is 6.32. The highest BCUT2D eigenvalue weighted by Gasteiger charge is 2.42. The number of phenolic OH excluding ortho intramolecular Hbond substituents is 1. The van der Waals surface area contributed by atoms with Crippen LogP contribution >= 0.6 is 0 Å². The molecule has 162 valence electrons. The van der Waals surface area contributed by atoms with Gasteiger partial charge < -0.3 is 33.5 Å². The highest BCUT2D eigenvalue weighted by atomic mass is 16.5. The first-order chi connectivity index (χ1) is 14.5. The van der Waals surface area contributed by atoms with Crippen LogP contribution in [0.3, 0.4) is 0 Å². The van der Waals surface area contributed by atoms with Crippen LogP contribution in [0, 0.1) is 11.8 Å². The van der Waals surface area contributed by atoms with Gasteiger partial charge in [0, 0.05) is 11.1 Å².